The van der Waals surface area contributed by atoms with E-state index in [1.165, 1.54) is 0 Å². The van der Waals surface area contributed by atoms with E-state index in [2.05, 4.69) is 21.8 Å². The molecule has 0 saturated heterocycles. The first-order valence-electron chi connectivity index (χ1n) is 6.84. The van der Waals surface area contributed by atoms with Crippen LogP contribution < -0.4 is 5.32 Å². The number of nitrogens with zero attached hydrogens (tertiary/aromatic N) is 2. The Morgan fingerprint density at radius 3 is 2.79 bits per heavy atom. The molecule has 19 heavy (non-hydrogen) atoms. The standard InChI is InChI=1S/C14H27N3O2/c1-5-7-8-12-17(4)14(15-3)16-11-9-10-13(18)19-6-2/h5H,1,6-12H2,2-4H3,(H,15,16). The summed E-state index contributed by atoms with van der Waals surface area (Å²) in [7, 11) is 3.77. The van der Waals surface area contributed by atoms with Crippen LogP contribution in [0.5, 0.6) is 0 Å². The largest absolute Gasteiger partial charge is 0.466 e. The van der Waals surface area contributed by atoms with Gasteiger partial charge in [-0.15, -0.1) is 6.58 Å². The highest BCUT2D eigenvalue weighted by molar-refractivity contribution is 5.79. The highest BCUT2D eigenvalue weighted by Gasteiger charge is 2.05. The summed E-state index contributed by atoms with van der Waals surface area (Å²) in [4.78, 5) is 17.5. The average Bonchev–Trinajstić information content (AvgIpc) is 2.39. The second-order valence-corrected chi connectivity index (χ2v) is 4.24. The van der Waals surface area contributed by atoms with Crippen molar-refractivity contribution >= 4 is 11.9 Å². The zero-order chi connectivity index (χ0) is 14.5. The molecule has 5 heteroatoms. The number of carbonyl (C=O) groups is 1. The van der Waals surface area contributed by atoms with Gasteiger partial charge in [-0.2, -0.15) is 0 Å². The molecule has 0 unspecified atom stereocenters. The Morgan fingerprint density at radius 2 is 2.21 bits per heavy atom. The molecule has 0 atom stereocenters. The van der Waals surface area contributed by atoms with Crippen molar-refractivity contribution < 1.29 is 9.53 Å². The Labute approximate surface area is 116 Å². The molecule has 0 bridgehead atoms. The molecule has 0 aliphatic heterocycles. The summed E-state index contributed by atoms with van der Waals surface area (Å²) in [5, 5.41) is 3.24. The highest BCUT2D eigenvalue weighted by Crippen LogP contribution is 1.95. The minimum Gasteiger partial charge on any atom is -0.466 e. The van der Waals surface area contributed by atoms with E-state index in [9.17, 15) is 4.79 Å². The number of rotatable bonds is 9. The van der Waals surface area contributed by atoms with Gasteiger partial charge >= 0.3 is 5.97 Å². The van der Waals surface area contributed by atoms with Gasteiger partial charge in [0.2, 0.25) is 0 Å². The molecule has 0 aliphatic rings. The summed E-state index contributed by atoms with van der Waals surface area (Å²) in [5.74, 6) is 0.714. The Morgan fingerprint density at radius 1 is 1.47 bits per heavy atom. The molecule has 0 spiro atoms. The second-order valence-electron chi connectivity index (χ2n) is 4.24. The van der Waals surface area contributed by atoms with E-state index >= 15 is 0 Å². The van der Waals surface area contributed by atoms with Gasteiger partial charge in [-0.05, 0) is 26.2 Å². The van der Waals surface area contributed by atoms with Gasteiger partial charge in [-0.1, -0.05) is 6.08 Å². The molecule has 0 aromatic carbocycles. The van der Waals surface area contributed by atoms with E-state index in [4.69, 9.17) is 4.74 Å². The summed E-state index contributed by atoms with van der Waals surface area (Å²) in [6.45, 7) is 7.62. The number of nitrogens with one attached hydrogen (secondary N) is 1. The van der Waals surface area contributed by atoms with Gasteiger partial charge in [0.25, 0.3) is 0 Å². The van der Waals surface area contributed by atoms with Gasteiger partial charge in [0.1, 0.15) is 0 Å². The lowest BCUT2D eigenvalue weighted by atomic mass is 10.3. The minimum absolute atomic E-state index is 0.140. The van der Waals surface area contributed by atoms with Crippen molar-refractivity contribution in [1.29, 1.82) is 0 Å². The van der Waals surface area contributed by atoms with E-state index < -0.39 is 0 Å². The van der Waals surface area contributed by atoms with Gasteiger partial charge in [0.05, 0.1) is 6.61 Å². The summed E-state index contributed by atoms with van der Waals surface area (Å²) < 4.78 is 4.87. The number of carbonyl (C=O) groups excluding carboxylic acids is 1. The number of ether oxygens (including phenoxy) is 1. The first kappa shape index (κ1) is 17.5. The lowest BCUT2D eigenvalue weighted by Gasteiger charge is -2.21. The highest BCUT2D eigenvalue weighted by atomic mass is 16.5. The van der Waals surface area contributed by atoms with Crippen LogP contribution in [0.25, 0.3) is 0 Å². The fourth-order valence-electron chi connectivity index (χ4n) is 1.63. The maximum atomic E-state index is 11.2. The zero-order valence-corrected chi connectivity index (χ0v) is 12.4. The molecule has 0 amide bonds. The van der Waals surface area contributed by atoms with Crippen LogP contribution in [0.2, 0.25) is 0 Å². The lowest BCUT2D eigenvalue weighted by Crippen LogP contribution is -2.39. The van der Waals surface area contributed by atoms with Crippen LogP contribution in [0.3, 0.4) is 0 Å². The van der Waals surface area contributed by atoms with Crippen molar-refractivity contribution in [3.63, 3.8) is 0 Å². The third kappa shape index (κ3) is 9.11. The van der Waals surface area contributed by atoms with Crippen LogP contribution in [0.4, 0.5) is 0 Å². The van der Waals surface area contributed by atoms with Crippen LogP contribution in [0.1, 0.15) is 32.6 Å². The van der Waals surface area contributed by atoms with Crippen LogP contribution in [-0.2, 0) is 9.53 Å². The van der Waals surface area contributed by atoms with Crippen molar-refractivity contribution in [3.8, 4) is 0 Å². The Kier molecular flexibility index (Phi) is 10.6. The quantitative estimate of drug-likeness (QED) is 0.228. The van der Waals surface area contributed by atoms with Crippen molar-refractivity contribution in [3.05, 3.63) is 12.7 Å². The third-order valence-corrected chi connectivity index (χ3v) is 2.62. The van der Waals surface area contributed by atoms with Crippen LogP contribution in [0, 0.1) is 0 Å². The van der Waals surface area contributed by atoms with E-state index in [1.54, 1.807) is 7.05 Å². The van der Waals surface area contributed by atoms with E-state index in [1.807, 2.05) is 20.0 Å². The van der Waals surface area contributed by atoms with Gasteiger partial charge < -0.3 is 15.0 Å². The maximum Gasteiger partial charge on any atom is 0.305 e. The number of esters is 1. The third-order valence-electron chi connectivity index (χ3n) is 2.62. The van der Waals surface area contributed by atoms with E-state index in [0.29, 0.717) is 13.0 Å². The molecular weight excluding hydrogens is 242 g/mol. The van der Waals surface area contributed by atoms with E-state index in [0.717, 1.165) is 38.3 Å². The molecule has 0 aromatic heterocycles. The van der Waals surface area contributed by atoms with Crippen molar-refractivity contribution in [2.24, 2.45) is 4.99 Å². The average molecular weight is 269 g/mol. The number of aliphatic imine (C=N–C) groups is 1. The fraction of sp³-hybridized carbons (Fsp3) is 0.714. The molecular formula is C14H27N3O2. The van der Waals surface area contributed by atoms with Crippen LogP contribution in [0.15, 0.2) is 17.6 Å². The molecule has 0 saturated carbocycles. The predicted octanol–water partition coefficient (Wildman–Crippen LogP) is 1.80. The van der Waals surface area contributed by atoms with Crippen LogP contribution in [-0.4, -0.2) is 50.6 Å². The fourth-order valence-corrected chi connectivity index (χ4v) is 1.63. The SMILES string of the molecule is C=CCCCN(C)C(=NC)NCCCC(=O)OCC. The Balaban J connectivity index is 3.81. The van der Waals surface area contributed by atoms with Gasteiger partial charge in [-0.3, -0.25) is 9.79 Å². The number of guanidine groups is 1. The topological polar surface area (TPSA) is 53.9 Å². The Hall–Kier alpha value is -1.52. The van der Waals surface area contributed by atoms with E-state index in [-0.39, 0.29) is 5.97 Å². The number of allylic oxidation sites excluding steroid dienone is 1. The smallest absolute Gasteiger partial charge is 0.305 e. The first-order valence-corrected chi connectivity index (χ1v) is 6.84. The summed E-state index contributed by atoms with van der Waals surface area (Å²) >= 11 is 0. The van der Waals surface area contributed by atoms with Crippen molar-refractivity contribution in [2.45, 2.75) is 32.6 Å². The molecule has 1 N–H and O–H groups in total. The van der Waals surface area contributed by atoms with Gasteiger partial charge in [0.15, 0.2) is 5.96 Å². The van der Waals surface area contributed by atoms with Gasteiger partial charge in [0, 0.05) is 33.6 Å². The Bertz CT molecular complexity index is 290. The molecule has 0 fully saturated rings. The molecule has 110 valence electrons. The number of hydrogen-bond donors (Lipinski definition) is 1. The first-order chi connectivity index (χ1) is 9.15. The van der Waals surface area contributed by atoms with Crippen molar-refractivity contribution in [1.82, 2.24) is 10.2 Å². The molecule has 0 radical (unpaired) electrons. The summed E-state index contributed by atoms with van der Waals surface area (Å²) in [5.41, 5.74) is 0. The number of hydrogen-bond acceptors (Lipinski definition) is 3. The van der Waals surface area contributed by atoms with Crippen molar-refractivity contribution in [2.75, 3.05) is 33.8 Å². The zero-order valence-electron chi connectivity index (χ0n) is 12.4. The van der Waals surface area contributed by atoms with Crippen LogP contribution >= 0.6 is 0 Å². The molecule has 0 aromatic rings. The lowest BCUT2D eigenvalue weighted by molar-refractivity contribution is -0.143. The molecule has 0 aliphatic carbocycles. The predicted molar refractivity (Wildman–Crippen MR) is 79.3 cm³/mol. The van der Waals surface area contributed by atoms with Gasteiger partial charge in [-0.25, -0.2) is 0 Å². The molecule has 0 heterocycles. The molecule has 5 nitrogen and oxygen atoms in total. The summed E-state index contributed by atoms with van der Waals surface area (Å²) in [6, 6.07) is 0. The minimum atomic E-state index is -0.140. The number of unbranched alkanes of at least 4 members (excludes halogenated alkanes) is 1. The normalized spacial score (nSPS) is 11.0. The monoisotopic (exact) mass is 269 g/mol. The molecule has 0 rings (SSSR count). The maximum absolute atomic E-state index is 11.2. The summed E-state index contributed by atoms with van der Waals surface area (Å²) in [6.07, 6.45) is 5.17. The second kappa shape index (κ2) is 11.6.